The van der Waals surface area contributed by atoms with Crippen LogP contribution in [0.1, 0.15) is 31.4 Å². The van der Waals surface area contributed by atoms with Gasteiger partial charge in [0.1, 0.15) is 0 Å². The molecule has 0 unspecified atom stereocenters. The lowest BCUT2D eigenvalue weighted by Crippen LogP contribution is -2.14. The molecule has 3 nitrogen and oxygen atoms in total. The minimum atomic E-state index is 0.274. The van der Waals surface area contributed by atoms with Crippen LogP contribution >= 0.6 is 0 Å². The second-order valence-electron chi connectivity index (χ2n) is 14.5. The van der Waals surface area contributed by atoms with Crippen LogP contribution in [-0.2, 0) is 0 Å². The summed E-state index contributed by atoms with van der Waals surface area (Å²) in [5.74, 6) is 0. The lowest BCUT2D eigenvalue weighted by molar-refractivity contribution is 0.506. The van der Waals surface area contributed by atoms with Gasteiger partial charge >= 0.3 is 0 Å². The number of allylic oxidation sites excluding steroid dienone is 4. The van der Waals surface area contributed by atoms with E-state index in [1.54, 1.807) is 12.1 Å². The zero-order valence-corrected chi connectivity index (χ0v) is 30.6. The van der Waals surface area contributed by atoms with Gasteiger partial charge in [-0.3, -0.25) is 0 Å². The Kier molecular flexibility index (Phi) is 9.26. The molecule has 0 radical (unpaired) electrons. The molecule has 54 heavy (non-hydrogen) atoms. The fourth-order valence-corrected chi connectivity index (χ4v) is 7.72. The lowest BCUT2D eigenvalue weighted by Gasteiger charge is -2.29. The fourth-order valence-electron chi connectivity index (χ4n) is 7.72. The Hall–Kier alpha value is -6.89. The quantitative estimate of drug-likeness (QED) is 0.139. The molecule has 0 saturated carbocycles. The van der Waals surface area contributed by atoms with Gasteiger partial charge in [0, 0.05) is 5.69 Å². The second kappa shape index (κ2) is 14.6. The van der Waals surface area contributed by atoms with E-state index in [4.69, 9.17) is 5.73 Å². The highest BCUT2D eigenvalue weighted by molar-refractivity contribution is 6.21. The Balaban J connectivity index is 0.000000248. The minimum Gasteiger partial charge on any atom is -0.397 e. The van der Waals surface area contributed by atoms with Gasteiger partial charge in [-0.05, 0) is 114 Å². The second-order valence-corrected chi connectivity index (χ2v) is 14.5. The normalized spacial score (nSPS) is 13.2. The van der Waals surface area contributed by atoms with E-state index in [0.717, 1.165) is 23.4 Å². The minimum absolute atomic E-state index is 0.274. The number of nitrogen functional groups attached to an aromatic ring is 1. The van der Waals surface area contributed by atoms with Crippen molar-refractivity contribution in [3.05, 3.63) is 193 Å². The molecule has 0 aromatic heterocycles. The van der Waals surface area contributed by atoms with Gasteiger partial charge in [-0.1, -0.05) is 159 Å². The first-order valence-electron chi connectivity index (χ1n) is 18.4. The van der Waals surface area contributed by atoms with Crippen molar-refractivity contribution in [2.24, 2.45) is 5.41 Å². The molecule has 1 aliphatic carbocycles. The predicted molar refractivity (Wildman–Crippen MR) is 231 cm³/mol. The van der Waals surface area contributed by atoms with Crippen LogP contribution in [0, 0.1) is 16.7 Å². The van der Waals surface area contributed by atoms with Crippen molar-refractivity contribution in [2.45, 2.75) is 20.3 Å². The first-order valence-corrected chi connectivity index (χ1v) is 18.4. The third-order valence-corrected chi connectivity index (χ3v) is 10.4. The van der Waals surface area contributed by atoms with Gasteiger partial charge in [-0.15, -0.1) is 0 Å². The first kappa shape index (κ1) is 34.2. The third-order valence-electron chi connectivity index (χ3n) is 10.4. The fraction of sp³-hybridized carbons (Fsp3) is 0.0784. The van der Waals surface area contributed by atoms with Crippen molar-refractivity contribution in [1.29, 1.82) is 5.26 Å². The van der Waals surface area contributed by atoms with E-state index >= 15 is 0 Å². The average molecular weight is 696 g/mol. The summed E-state index contributed by atoms with van der Waals surface area (Å²) >= 11 is 0. The summed E-state index contributed by atoms with van der Waals surface area (Å²) in [5.41, 5.74) is 16.9. The van der Waals surface area contributed by atoms with Gasteiger partial charge in [-0.25, -0.2) is 0 Å². The van der Waals surface area contributed by atoms with Crippen molar-refractivity contribution < 1.29 is 0 Å². The number of hydrogen-bond acceptors (Lipinski definition) is 3. The average Bonchev–Trinajstić information content (AvgIpc) is 3.21. The smallest absolute Gasteiger partial charge is 0.0992 e. The predicted octanol–water partition coefficient (Wildman–Crippen LogP) is 13.7. The van der Waals surface area contributed by atoms with Crippen LogP contribution in [0.5, 0.6) is 0 Å². The zero-order chi connectivity index (χ0) is 37.1. The van der Waals surface area contributed by atoms with E-state index in [1.165, 1.54) is 60.1 Å². The van der Waals surface area contributed by atoms with Crippen LogP contribution in [0.3, 0.4) is 0 Å². The van der Waals surface area contributed by atoms with Gasteiger partial charge in [0.2, 0.25) is 0 Å². The summed E-state index contributed by atoms with van der Waals surface area (Å²) in [6.07, 6.45) is 7.77. The van der Waals surface area contributed by atoms with Crippen LogP contribution in [-0.4, -0.2) is 0 Å². The maximum absolute atomic E-state index is 9.19. The molecule has 0 fully saturated rings. The molecule has 0 saturated heterocycles. The van der Waals surface area contributed by atoms with Crippen molar-refractivity contribution in [1.82, 2.24) is 0 Å². The van der Waals surface area contributed by atoms with Crippen molar-refractivity contribution in [2.75, 3.05) is 11.1 Å². The number of nitrogens with one attached hydrogen (secondary N) is 1. The Morgan fingerprint density at radius 2 is 1.17 bits per heavy atom. The molecule has 3 N–H and O–H groups in total. The van der Waals surface area contributed by atoms with Gasteiger partial charge in [0.25, 0.3) is 0 Å². The van der Waals surface area contributed by atoms with Gasteiger partial charge in [0.05, 0.1) is 23.0 Å². The molecule has 8 aromatic carbocycles. The molecule has 0 amide bonds. The molecular formula is C51H41N3. The molecule has 9 rings (SSSR count). The molecule has 0 atom stereocenters. The molecule has 1 aliphatic rings. The van der Waals surface area contributed by atoms with E-state index in [-0.39, 0.29) is 5.41 Å². The topological polar surface area (TPSA) is 61.8 Å². The maximum Gasteiger partial charge on any atom is 0.0992 e. The molecular weight excluding hydrogens is 655 g/mol. The summed E-state index contributed by atoms with van der Waals surface area (Å²) in [7, 11) is 0. The number of benzene rings is 8. The number of fused-ring (bicyclic) bond motifs is 3. The molecule has 0 heterocycles. The number of anilines is 3. The first-order chi connectivity index (χ1) is 26.4. The Morgan fingerprint density at radius 1 is 0.574 bits per heavy atom. The van der Waals surface area contributed by atoms with Crippen LogP contribution in [0.4, 0.5) is 17.1 Å². The van der Waals surface area contributed by atoms with Gasteiger partial charge < -0.3 is 11.1 Å². The summed E-state index contributed by atoms with van der Waals surface area (Å²) in [6, 6.07) is 59.2. The number of nitrogens with zero attached hydrogens (tertiary/aromatic N) is 1. The summed E-state index contributed by atoms with van der Waals surface area (Å²) in [4.78, 5) is 0. The highest BCUT2D eigenvalue weighted by atomic mass is 14.9. The van der Waals surface area contributed by atoms with Crippen LogP contribution < -0.4 is 11.1 Å². The van der Waals surface area contributed by atoms with Crippen molar-refractivity contribution in [3.63, 3.8) is 0 Å². The summed E-state index contributed by atoms with van der Waals surface area (Å²) in [6.45, 7) is 4.60. The number of nitriles is 1. The van der Waals surface area contributed by atoms with Crippen molar-refractivity contribution >= 4 is 55.0 Å². The highest BCUT2D eigenvalue weighted by Gasteiger charge is 2.24. The Bertz CT molecular complexity index is 2710. The zero-order valence-electron chi connectivity index (χ0n) is 30.6. The Labute approximate surface area is 317 Å². The van der Waals surface area contributed by atoms with E-state index < -0.39 is 0 Å². The number of rotatable bonds is 5. The number of nitrogens with two attached hydrogens (primary N) is 1. The molecule has 0 bridgehead atoms. The van der Waals surface area contributed by atoms with E-state index in [2.05, 4.69) is 183 Å². The van der Waals surface area contributed by atoms with E-state index in [9.17, 15) is 5.26 Å². The highest BCUT2D eigenvalue weighted by Crippen LogP contribution is 2.45. The van der Waals surface area contributed by atoms with E-state index in [1.807, 2.05) is 12.1 Å². The molecule has 260 valence electrons. The Morgan fingerprint density at radius 3 is 1.80 bits per heavy atom. The number of hydrogen-bond donors (Lipinski definition) is 2. The summed E-state index contributed by atoms with van der Waals surface area (Å²) < 4.78 is 0. The standard InChI is InChI=1S/C37H25N3.C14H16/c38-23-24-16-19-35(34(39)20-24)40-29-11-7-10-27(22-29)36-30-12-3-5-14-32(30)37(33-15-6-4-13-31(33)36)28-18-17-25-8-1-2-9-26(25)21-28;1-14(2)11-7-6-10-13(14)12-8-4-3-5-9-12/h1-22,40H,39H2;3-10H,11H2,1-2H3. The third kappa shape index (κ3) is 6.74. The summed E-state index contributed by atoms with van der Waals surface area (Å²) in [5, 5.41) is 20.0. The van der Waals surface area contributed by atoms with E-state index in [0.29, 0.717) is 11.3 Å². The van der Waals surface area contributed by atoms with Gasteiger partial charge in [-0.2, -0.15) is 5.26 Å². The van der Waals surface area contributed by atoms with Gasteiger partial charge in [0.15, 0.2) is 0 Å². The molecule has 8 aromatic rings. The molecule has 3 heteroatoms. The lowest BCUT2D eigenvalue weighted by atomic mass is 9.75. The molecule has 0 spiro atoms. The maximum atomic E-state index is 9.19. The molecule has 0 aliphatic heterocycles. The van der Waals surface area contributed by atoms with Crippen molar-refractivity contribution in [3.8, 4) is 28.3 Å². The SMILES string of the molecule is CC1(C)CC=CC=C1c1ccccc1.N#Cc1ccc(Nc2cccc(-c3c4ccccc4c(-c4ccc5ccccc5c4)c4ccccc34)c2)c(N)c1. The van der Waals surface area contributed by atoms with Crippen LogP contribution in [0.25, 0.3) is 60.1 Å². The van der Waals surface area contributed by atoms with Crippen LogP contribution in [0.2, 0.25) is 0 Å². The monoisotopic (exact) mass is 695 g/mol. The largest absolute Gasteiger partial charge is 0.397 e. The van der Waals surface area contributed by atoms with Crippen LogP contribution in [0.15, 0.2) is 182 Å².